The Morgan fingerprint density at radius 2 is 1.93 bits per heavy atom. The van der Waals surface area contributed by atoms with E-state index in [9.17, 15) is 9.59 Å². The molecule has 2 aromatic heterocycles. The molecule has 0 spiro atoms. The van der Waals surface area contributed by atoms with Gasteiger partial charge in [0, 0.05) is 24.0 Å². The summed E-state index contributed by atoms with van der Waals surface area (Å²) in [7, 11) is 0. The van der Waals surface area contributed by atoms with Crippen LogP contribution in [-0.4, -0.2) is 50.8 Å². The lowest BCUT2D eigenvalue weighted by atomic mass is 10.0. The van der Waals surface area contributed by atoms with Gasteiger partial charge in [0.25, 0.3) is 5.91 Å². The van der Waals surface area contributed by atoms with Crippen LogP contribution in [0.1, 0.15) is 33.8 Å². The summed E-state index contributed by atoms with van der Waals surface area (Å²) in [6.07, 6.45) is 3.57. The van der Waals surface area contributed by atoms with Gasteiger partial charge in [-0.15, -0.1) is 16.4 Å². The van der Waals surface area contributed by atoms with Gasteiger partial charge in [-0.3, -0.25) is 9.59 Å². The summed E-state index contributed by atoms with van der Waals surface area (Å²) in [5.41, 5.74) is 2.37. The quantitative estimate of drug-likeness (QED) is 0.702. The van der Waals surface area contributed by atoms with Crippen molar-refractivity contribution < 1.29 is 9.59 Å². The molecule has 8 heteroatoms. The van der Waals surface area contributed by atoms with E-state index < -0.39 is 0 Å². The van der Waals surface area contributed by atoms with Crippen molar-refractivity contribution in [2.24, 2.45) is 0 Å². The molecule has 1 fully saturated rings. The normalized spacial score (nSPS) is 14.7. The van der Waals surface area contributed by atoms with Crippen LogP contribution in [0.5, 0.6) is 0 Å². The first-order valence-electron chi connectivity index (χ1n) is 9.69. The minimum atomic E-state index is -0.119. The van der Waals surface area contributed by atoms with Gasteiger partial charge in [0.1, 0.15) is 0 Å². The second-order valence-electron chi connectivity index (χ2n) is 7.27. The smallest absolute Gasteiger partial charge is 0.276 e. The monoisotopic (exact) mass is 409 g/mol. The number of aryl methyl sites for hydroxylation is 1. The van der Waals surface area contributed by atoms with E-state index in [4.69, 9.17) is 0 Å². The lowest BCUT2D eigenvalue weighted by Gasteiger charge is -2.31. The molecule has 3 heterocycles. The molecule has 0 bridgehead atoms. The van der Waals surface area contributed by atoms with Crippen LogP contribution in [0.15, 0.2) is 48.0 Å². The molecule has 1 aliphatic heterocycles. The number of aromatic nitrogens is 3. The third kappa shape index (κ3) is 4.71. The summed E-state index contributed by atoms with van der Waals surface area (Å²) in [6, 6.07) is 11.9. The van der Waals surface area contributed by atoms with Crippen molar-refractivity contribution in [2.75, 3.05) is 13.1 Å². The van der Waals surface area contributed by atoms with Gasteiger partial charge >= 0.3 is 0 Å². The van der Waals surface area contributed by atoms with Crippen molar-refractivity contribution in [3.05, 3.63) is 64.1 Å². The van der Waals surface area contributed by atoms with Crippen LogP contribution in [0.25, 0.3) is 5.69 Å². The second kappa shape index (κ2) is 8.57. The molecule has 0 radical (unpaired) electrons. The number of hydrogen-bond donors (Lipinski definition) is 1. The number of hydrogen-bond acceptors (Lipinski definition) is 5. The maximum atomic E-state index is 12.8. The lowest BCUT2D eigenvalue weighted by molar-refractivity contribution is -0.121. The summed E-state index contributed by atoms with van der Waals surface area (Å²) < 4.78 is 1.62. The first-order chi connectivity index (χ1) is 14.1. The zero-order valence-electron chi connectivity index (χ0n) is 16.2. The fraction of sp³-hybridized carbons (Fsp3) is 0.333. The number of amides is 2. The number of benzene rings is 1. The van der Waals surface area contributed by atoms with E-state index in [1.54, 1.807) is 27.1 Å². The van der Waals surface area contributed by atoms with E-state index in [1.807, 2.05) is 48.7 Å². The third-order valence-corrected chi connectivity index (χ3v) is 5.95. The minimum absolute atomic E-state index is 0.0401. The Morgan fingerprint density at radius 3 is 2.62 bits per heavy atom. The van der Waals surface area contributed by atoms with Gasteiger partial charge in [-0.1, -0.05) is 29.0 Å². The maximum absolute atomic E-state index is 12.8. The summed E-state index contributed by atoms with van der Waals surface area (Å²) in [6.45, 7) is 3.22. The molecule has 1 aliphatic rings. The van der Waals surface area contributed by atoms with E-state index in [0.29, 0.717) is 25.2 Å². The molecule has 1 saturated heterocycles. The Bertz CT molecular complexity index is 973. The first kappa shape index (κ1) is 19.3. The van der Waals surface area contributed by atoms with Crippen molar-refractivity contribution >= 4 is 23.2 Å². The largest absolute Gasteiger partial charge is 0.353 e. The molecular formula is C21H23N5O2S. The van der Waals surface area contributed by atoms with Crippen LogP contribution in [-0.2, 0) is 11.2 Å². The molecule has 4 rings (SSSR count). The number of carbonyl (C=O) groups excluding carboxylic acids is 2. The third-order valence-electron chi connectivity index (χ3n) is 5.07. The van der Waals surface area contributed by atoms with E-state index in [0.717, 1.165) is 29.0 Å². The highest BCUT2D eigenvalue weighted by molar-refractivity contribution is 7.10. The highest BCUT2D eigenvalue weighted by Gasteiger charge is 2.26. The Hall–Kier alpha value is -3.00. The van der Waals surface area contributed by atoms with Gasteiger partial charge in [0.15, 0.2) is 5.69 Å². The number of carbonyl (C=O) groups is 2. The van der Waals surface area contributed by atoms with E-state index in [-0.39, 0.29) is 17.9 Å². The number of nitrogens with zero attached hydrogens (tertiary/aromatic N) is 4. The molecule has 150 valence electrons. The highest BCUT2D eigenvalue weighted by Crippen LogP contribution is 2.15. The average molecular weight is 410 g/mol. The molecule has 0 aliphatic carbocycles. The van der Waals surface area contributed by atoms with Crippen molar-refractivity contribution in [3.8, 4) is 5.69 Å². The van der Waals surface area contributed by atoms with Gasteiger partial charge in [-0.2, -0.15) is 0 Å². The van der Waals surface area contributed by atoms with Crippen LogP contribution >= 0.6 is 11.3 Å². The van der Waals surface area contributed by atoms with Gasteiger partial charge in [0.05, 0.1) is 18.3 Å². The second-order valence-corrected chi connectivity index (χ2v) is 8.31. The van der Waals surface area contributed by atoms with E-state index >= 15 is 0 Å². The zero-order valence-corrected chi connectivity index (χ0v) is 17.1. The predicted octanol–water partition coefficient (Wildman–Crippen LogP) is 2.60. The van der Waals surface area contributed by atoms with Gasteiger partial charge in [-0.05, 0) is 43.3 Å². The average Bonchev–Trinajstić information content (AvgIpc) is 3.41. The summed E-state index contributed by atoms with van der Waals surface area (Å²) >= 11 is 1.59. The molecule has 29 heavy (non-hydrogen) atoms. The van der Waals surface area contributed by atoms with Gasteiger partial charge in [-0.25, -0.2) is 4.68 Å². The van der Waals surface area contributed by atoms with E-state index in [1.165, 1.54) is 0 Å². The van der Waals surface area contributed by atoms with Crippen LogP contribution in [0.2, 0.25) is 0 Å². The van der Waals surface area contributed by atoms with Gasteiger partial charge < -0.3 is 10.2 Å². The van der Waals surface area contributed by atoms with Crippen LogP contribution in [0.4, 0.5) is 0 Å². The Kier molecular flexibility index (Phi) is 5.71. The van der Waals surface area contributed by atoms with Crippen molar-refractivity contribution in [1.82, 2.24) is 25.2 Å². The molecule has 2 amide bonds. The Balaban J connectivity index is 1.30. The molecule has 0 atom stereocenters. The highest BCUT2D eigenvalue weighted by atomic mass is 32.1. The van der Waals surface area contributed by atoms with Crippen LogP contribution in [0.3, 0.4) is 0 Å². The fourth-order valence-electron chi connectivity index (χ4n) is 3.42. The molecule has 1 N–H and O–H groups in total. The summed E-state index contributed by atoms with van der Waals surface area (Å²) in [4.78, 5) is 27.8. The van der Waals surface area contributed by atoms with Crippen molar-refractivity contribution in [3.63, 3.8) is 0 Å². The van der Waals surface area contributed by atoms with Crippen LogP contribution in [0, 0.1) is 6.92 Å². The molecule has 3 aromatic rings. The topological polar surface area (TPSA) is 80.1 Å². The summed E-state index contributed by atoms with van der Waals surface area (Å²) in [5, 5.41) is 13.2. The summed E-state index contributed by atoms with van der Waals surface area (Å²) in [5.74, 6) is -0.0787. The van der Waals surface area contributed by atoms with E-state index in [2.05, 4.69) is 15.6 Å². The van der Waals surface area contributed by atoms with Crippen molar-refractivity contribution in [1.29, 1.82) is 0 Å². The number of nitrogens with one attached hydrogen (secondary N) is 1. The SMILES string of the molecule is Cc1ccc(-n2cc(C(=O)N3CCC(NC(=O)Cc4cccs4)CC3)nn2)cc1. The molecule has 0 saturated carbocycles. The molecular weight excluding hydrogens is 386 g/mol. The van der Waals surface area contributed by atoms with Gasteiger partial charge in [0.2, 0.25) is 5.91 Å². The Morgan fingerprint density at radius 1 is 1.17 bits per heavy atom. The molecule has 7 nitrogen and oxygen atoms in total. The standard InChI is InChI=1S/C21H23N5O2S/c1-15-4-6-17(7-5-15)26-14-19(23-24-26)21(28)25-10-8-16(9-11-25)22-20(27)13-18-3-2-12-29-18/h2-7,12,14,16H,8-11,13H2,1H3,(H,22,27). The number of rotatable bonds is 5. The minimum Gasteiger partial charge on any atom is -0.353 e. The lowest BCUT2D eigenvalue weighted by Crippen LogP contribution is -2.47. The van der Waals surface area contributed by atoms with Crippen LogP contribution < -0.4 is 5.32 Å². The number of likely N-dealkylation sites (tertiary alicyclic amines) is 1. The zero-order chi connectivity index (χ0) is 20.2. The number of thiophene rings is 1. The maximum Gasteiger partial charge on any atom is 0.276 e. The predicted molar refractivity (Wildman–Crippen MR) is 111 cm³/mol. The first-order valence-corrected chi connectivity index (χ1v) is 10.6. The molecule has 0 unspecified atom stereocenters. The molecule has 1 aromatic carbocycles. The van der Waals surface area contributed by atoms with Crippen molar-refractivity contribution in [2.45, 2.75) is 32.2 Å². The Labute approximate surface area is 173 Å². The number of piperidine rings is 1. The fourth-order valence-corrected chi connectivity index (χ4v) is 4.13.